The topological polar surface area (TPSA) is 9.23 Å². The summed E-state index contributed by atoms with van der Waals surface area (Å²) in [5.74, 6) is 1.87. The number of hydrogen-bond acceptors (Lipinski definition) is 1. The van der Waals surface area contributed by atoms with Crippen molar-refractivity contribution in [3.63, 3.8) is 0 Å². The van der Waals surface area contributed by atoms with Crippen molar-refractivity contribution in [2.75, 3.05) is 0 Å². The van der Waals surface area contributed by atoms with E-state index in [0.717, 1.165) is 5.47 Å². The second kappa shape index (κ2) is 1.87. The molecule has 1 rings (SSSR count). The Balaban J connectivity index is 2.50. The van der Waals surface area contributed by atoms with Crippen LogP contribution in [0.25, 0.3) is 0 Å². The predicted octanol–water partition coefficient (Wildman–Crippen LogP) is 1.05. The van der Waals surface area contributed by atoms with Gasteiger partial charge in [0.15, 0.2) is 7.28 Å². The lowest BCUT2D eigenvalue weighted by atomic mass is 9.71. The smallest absolute Gasteiger partial charge is 0.183 e. The summed E-state index contributed by atoms with van der Waals surface area (Å²) < 4.78 is 4.81. The second-order valence-electron chi connectivity index (χ2n) is 1.49. The van der Waals surface area contributed by atoms with Gasteiger partial charge in [0.05, 0.1) is 12.5 Å². The molecule has 0 amide bonds. The molecule has 1 heterocycles. The maximum absolute atomic E-state index is 4.81. The molecular formula is C5H6BO. The Kier molecular flexibility index (Phi) is 1.20. The minimum atomic E-state index is 1.16. The van der Waals surface area contributed by atoms with Crippen LogP contribution in [0.3, 0.4) is 0 Å². The third-order valence-electron chi connectivity index (χ3n) is 0.770. The monoisotopic (exact) mass is 93.1 g/mol. The van der Waals surface area contributed by atoms with Crippen LogP contribution in [0.5, 0.6) is 0 Å². The van der Waals surface area contributed by atoms with E-state index in [4.69, 9.17) is 4.74 Å². The predicted molar refractivity (Wildman–Crippen MR) is 29.7 cm³/mol. The molecule has 1 nitrogen and oxygen atoms in total. The zero-order valence-electron chi connectivity index (χ0n) is 4.22. The molecule has 0 aromatic heterocycles. The Morgan fingerprint density at radius 1 is 1.71 bits per heavy atom. The fourth-order valence-corrected chi connectivity index (χ4v) is 0.422. The quantitative estimate of drug-likeness (QED) is 0.406. The summed E-state index contributed by atoms with van der Waals surface area (Å²) in [5.41, 5.74) is 1.16. The van der Waals surface area contributed by atoms with Gasteiger partial charge in [-0.3, -0.25) is 0 Å². The van der Waals surface area contributed by atoms with Crippen molar-refractivity contribution in [3.8, 4) is 0 Å². The molecule has 0 aromatic rings. The molecule has 7 heavy (non-hydrogen) atoms. The molecule has 0 saturated carbocycles. The number of ether oxygens (including phenoxy) is 1. The minimum Gasteiger partial charge on any atom is -0.475 e. The van der Waals surface area contributed by atoms with Crippen molar-refractivity contribution in [2.45, 2.75) is 6.92 Å². The highest BCUT2D eigenvalue weighted by Crippen LogP contribution is 1.96. The molecule has 1 radical (unpaired) electrons. The largest absolute Gasteiger partial charge is 0.475 e. The lowest BCUT2D eigenvalue weighted by molar-refractivity contribution is 0.399. The summed E-state index contributed by atoms with van der Waals surface area (Å²) in [6.07, 6.45) is 3.35. The maximum atomic E-state index is 4.81. The Morgan fingerprint density at radius 2 is 2.57 bits per heavy atom. The molecule has 2 heteroatoms. The fourth-order valence-electron chi connectivity index (χ4n) is 0.422. The van der Waals surface area contributed by atoms with Gasteiger partial charge < -0.3 is 4.74 Å². The summed E-state index contributed by atoms with van der Waals surface area (Å²) in [4.78, 5) is 0. The first-order valence-corrected chi connectivity index (χ1v) is 2.22. The number of allylic oxidation sites excluding steroid dienone is 1. The van der Waals surface area contributed by atoms with Gasteiger partial charge in [-0.1, -0.05) is 11.4 Å². The Morgan fingerprint density at radius 3 is 2.86 bits per heavy atom. The minimum absolute atomic E-state index is 1.16. The lowest BCUT2D eigenvalue weighted by Gasteiger charge is -1.98. The molecule has 0 atom stereocenters. The van der Waals surface area contributed by atoms with Crippen LogP contribution < -0.4 is 0 Å². The summed E-state index contributed by atoms with van der Waals surface area (Å²) in [6, 6.07) is 0. The average molecular weight is 92.9 g/mol. The van der Waals surface area contributed by atoms with Crippen LogP contribution in [0.2, 0.25) is 0 Å². The van der Waals surface area contributed by atoms with Crippen LogP contribution in [0.15, 0.2) is 24.0 Å². The summed E-state index contributed by atoms with van der Waals surface area (Å²) in [7, 11) is 1.99. The lowest BCUT2D eigenvalue weighted by Crippen LogP contribution is -1.92. The van der Waals surface area contributed by atoms with Gasteiger partial charge in [-0.05, 0) is 6.92 Å². The van der Waals surface area contributed by atoms with Crippen molar-refractivity contribution in [2.24, 2.45) is 0 Å². The Bertz CT molecular complexity index is 115. The van der Waals surface area contributed by atoms with Crippen LogP contribution in [-0.2, 0) is 4.74 Å². The van der Waals surface area contributed by atoms with Gasteiger partial charge in [0.1, 0.15) is 0 Å². The third kappa shape index (κ3) is 1.11. The zero-order chi connectivity index (χ0) is 5.11. The Labute approximate surface area is 43.9 Å². The van der Waals surface area contributed by atoms with E-state index in [1.807, 2.05) is 20.2 Å². The van der Waals surface area contributed by atoms with E-state index in [-0.39, 0.29) is 0 Å². The SMILES string of the molecule is CC1=COC=C[B]1. The molecule has 35 valence electrons. The molecule has 1 aliphatic rings. The first-order valence-electron chi connectivity index (χ1n) is 2.22. The van der Waals surface area contributed by atoms with Gasteiger partial charge in [-0.2, -0.15) is 0 Å². The fraction of sp³-hybridized carbons (Fsp3) is 0.200. The molecule has 0 bridgehead atoms. The van der Waals surface area contributed by atoms with E-state index in [1.54, 1.807) is 12.5 Å². The van der Waals surface area contributed by atoms with Gasteiger partial charge in [0.2, 0.25) is 0 Å². The third-order valence-corrected chi connectivity index (χ3v) is 0.770. The van der Waals surface area contributed by atoms with E-state index in [9.17, 15) is 0 Å². The van der Waals surface area contributed by atoms with Crippen LogP contribution in [0.4, 0.5) is 0 Å². The van der Waals surface area contributed by atoms with Gasteiger partial charge in [-0.25, -0.2) is 0 Å². The highest BCUT2D eigenvalue weighted by Gasteiger charge is 1.90. The summed E-state index contributed by atoms with van der Waals surface area (Å²) >= 11 is 0. The molecule has 0 fully saturated rings. The Hall–Kier alpha value is -0.655. The summed E-state index contributed by atoms with van der Waals surface area (Å²) in [5, 5.41) is 0. The maximum Gasteiger partial charge on any atom is 0.183 e. The van der Waals surface area contributed by atoms with Crippen LogP contribution in [0.1, 0.15) is 6.92 Å². The van der Waals surface area contributed by atoms with Crippen LogP contribution in [0, 0.1) is 0 Å². The van der Waals surface area contributed by atoms with Gasteiger partial charge >= 0.3 is 0 Å². The average Bonchev–Trinajstić information content (AvgIpc) is 1.69. The van der Waals surface area contributed by atoms with E-state index in [2.05, 4.69) is 0 Å². The van der Waals surface area contributed by atoms with Crippen molar-refractivity contribution >= 4 is 7.28 Å². The molecular weight excluding hydrogens is 86.9 g/mol. The van der Waals surface area contributed by atoms with E-state index in [0.29, 0.717) is 0 Å². The first kappa shape index (κ1) is 4.50. The standard InChI is InChI=1S/C5H6BO/c1-5-4-7-3-2-6-5/h2-4H,1H3. The highest BCUT2D eigenvalue weighted by atomic mass is 16.5. The summed E-state index contributed by atoms with van der Waals surface area (Å²) in [6.45, 7) is 1.99. The van der Waals surface area contributed by atoms with Crippen molar-refractivity contribution in [3.05, 3.63) is 24.0 Å². The van der Waals surface area contributed by atoms with Gasteiger partial charge in [0, 0.05) is 0 Å². The first-order chi connectivity index (χ1) is 3.39. The normalized spacial score (nSPS) is 17.0. The molecule has 0 spiro atoms. The van der Waals surface area contributed by atoms with E-state index >= 15 is 0 Å². The van der Waals surface area contributed by atoms with Crippen molar-refractivity contribution < 1.29 is 4.74 Å². The zero-order valence-corrected chi connectivity index (χ0v) is 4.22. The van der Waals surface area contributed by atoms with E-state index < -0.39 is 0 Å². The molecule has 0 aliphatic carbocycles. The van der Waals surface area contributed by atoms with E-state index in [1.165, 1.54) is 0 Å². The molecule has 0 unspecified atom stereocenters. The van der Waals surface area contributed by atoms with Crippen molar-refractivity contribution in [1.82, 2.24) is 0 Å². The second-order valence-corrected chi connectivity index (χ2v) is 1.49. The van der Waals surface area contributed by atoms with Gasteiger partial charge in [-0.15, -0.1) is 0 Å². The van der Waals surface area contributed by atoms with Crippen LogP contribution in [-0.4, -0.2) is 7.28 Å². The highest BCUT2D eigenvalue weighted by molar-refractivity contribution is 6.50. The number of hydrogen-bond donors (Lipinski definition) is 0. The molecule has 0 aromatic carbocycles. The van der Waals surface area contributed by atoms with Crippen molar-refractivity contribution in [1.29, 1.82) is 0 Å². The van der Waals surface area contributed by atoms with Gasteiger partial charge in [0.25, 0.3) is 0 Å². The molecule has 0 N–H and O–H groups in total. The molecule has 1 aliphatic heterocycles. The van der Waals surface area contributed by atoms with Crippen LogP contribution >= 0.6 is 0 Å². The number of rotatable bonds is 0. The molecule has 0 saturated heterocycles.